The molecule has 5 aromatic rings. The van der Waals surface area contributed by atoms with Crippen molar-refractivity contribution in [3.8, 4) is 5.75 Å². The van der Waals surface area contributed by atoms with Gasteiger partial charge < -0.3 is 15.0 Å². The van der Waals surface area contributed by atoms with Gasteiger partial charge in [-0.05, 0) is 59.0 Å². The zero-order chi connectivity index (χ0) is 29.4. The number of hydrogen-bond donors (Lipinski definition) is 1. The van der Waals surface area contributed by atoms with Gasteiger partial charge in [0.15, 0.2) is 0 Å². The number of esters is 1. The summed E-state index contributed by atoms with van der Waals surface area (Å²) >= 11 is 0. The standard InChI is InChI=1S/C36H34N4O3/c41-35(23-27-7-3-1-4-8-27)43-33-15-12-28(13-16-33)34(26-39-19-21-40(22-20-39)32-9-5-2-6-10-32)36(42)38-31-14-11-30-25-37-18-17-29(30)24-31/h1-18,24-25,34H,19-23,26H2,(H,38,42). The third-order valence-corrected chi connectivity index (χ3v) is 7.86. The fourth-order valence-corrected chi connectivity index (χ4v) is 5.51. The number of nitrogens with one attached hydrogen (secondary N) is 1. The zero-order valence-corrected chi connectivity index (χ0v) is 23.9. The van der Waals surface area contributed by atoms with Gasteiger partial charge in [0, 0.05) is 61.9 Å². The predicted octanol–water partition coefficient (Wildman–Crippen LogP) is 5.93. The molecular weight excluding hydrogens is 536 g/mol. The number of nitrogens with zero attached hydrogens (tertiary/aromatic N) is 3. The van der Waals surface area contributed by atoms with E-state index in [9.17, 15) is 9.59 Å². The summed E-state index contributed by atoms with van der Waals surface area (Å²) in [4.78, 5) is 35.2. The molecule has 43 heavy (non-hydrogen) atoms. The molecule has 0 bridgehead atoms. The molecule has 0 radical (unpaired) electrons. The first-order valence-corrected chi connectivity index (χ1v) is 14.6. The molecule has 1 saturated heterocycles. The van der Waals surface area contributed by atoms with Gasteiger partial charge in [0.05, 0.1) is 12.3 Å². The fourth-order valence-electron chi connectivity index (χ4n) is 5.51. The maximum atomic E-state index is 13.8. The minimum Gasteiger partial charge on any atom is -0.426 e. The maximum absolute atomic E-state index is 13.8. The number of pyridine rings is 1. The van der Waals surface area contributed by atoms with Crippen LogP contribution in [-0.4, -0.2) is 54.5 Å². The summed E-state index contributed by atoms with van der Waals surface area (Å²) in [7, 11) is 0. The van der Waals surface area contributed by atoms with Crippen LogP contribution in [0, 0.1) is 0 Å². The summed E-state index contributed by atoms with van der Waals surface area (Å²) in [6.45, 7) is 4.09. The Balaban J connectivity index is 1.16. The first-order valence-electron chi connectivity index (χ1n) is 14.6. The minimum absolute atomic E-state index is 0.0762. The number of rotatable bonds is 9. The summed E-state index contributed by atoms with van der Waals surface area (Å²) in [5, 5.41) is 5.19. The summed E-state index contributed by atoms with van der Waals surface area (Å²) in [6, 6.07) is 35.1. The van der Waals surface area contributed by atoms with Gasteiger partial charge in [-0.2, -0.15) is 0 Å². The number of fused-ring (bicyclic) bond motifs is 1. The Morgan fingerprint density at radius 3 is 2.26 bits per heavy atom. The van der Waals surface area contributed by atoms with Crippen molar-refractivity contribution in [2.75, 3.05) is 42.9 Å². The molecule has 1 fully saturated rings. The van der Waals surface area contributed by atoms with Crippen LogP contribution in [0.2, 0.25) is 0 Å². The molecule has 1 aliphatic rings. The Kier molecular flexibility index (Phi) is 8.71. The molecule has 1 aromatic heterocycles. The van der Waals surface area contributed by atoms with Crippen molar-refractivity contribution < 1.29 is 14.3 Å². The largest absolute Gasteiger partial charge is 0.426 e. The van der Waals surface area contributed by atoms with E-state index in [-0.39, 0.29) is 18.3 Å². The number of hydrogen-bond acceptors (Lipinski definition) is 6. The lowest BCUT2D eigenvalue weighted by Crippen LogP contribution is -2.48. The average molecular weight is 571 g/mol. The molecule has 216 valence electrons. The van der Waals surface area contributed by atoms with Crippen LogP contribution in [0.3, 0.4) is 0 Å². The lowest BCUT2D eigenvalue weighted by Gasteiger charge is -2.37. The van der Waals surface area contributed by atoms with Crippen LogP contribution < -0.4 is 15.0 Å². The van der Waals surface area contributed by atoms with Gasteiger partial charge in [-0.3, -0.25) is 19.5 Å². The van der Waals surface area contributed by atoms with Crippen LogP contribution in [0.25, 0.3) is 10.8 Å². The van der Waals surface area contributed by atoms with Crippen LogP contribution in [0.4, 0.5) is 11.4 Å². The van der Waals surface area contributed by atoms with E-state index in [1.165, 1.54) is 5.69 Å². The first kappa shape index (κ1) is 28.1. The second kappa shape index (κ2) is 13.3. The number of ether oxygens (including phenoxy) is 1. The van der Waals surface area contributed by atoms with Gasteiger partial charge in [0.1, 0.15) is 5.75 Å². The number of para-hydroxylation sites is 1. The normalized spacial score (nSPS) is 14.3. The molecule has 0 saturated carbocycles. The van der Waals surface area contributed by atoms with Gasteiger partial charge >= 0.3 is 5.97 Å². The summed E-state index contributed by atoms with van der Waals surface area (Å²) in [5.74, 6) is -0.349. The van der Waals surface area contributed by atoms with E-state index in [0.29, 0.717) is 12.3 Å². The number of piperazine rings is 1. The van der Waals surface area contributed by atoms with Crippen molar-refractivity contribution in [3.63, 3.8) is 0 Å². The predicted molar refractivity (Wildman–Crippen MR) is 170 cm³/mol. The summed E-state index contributed by atoms with van der Waals surface area (Å²) in [6.07, 6.45) is 3.76. The molecule has 1 atom stereocenters. The Bertz CT molecular complexity index is 1670. The summed E-state index contributed by atoms with van der Waals surface area (Å²) in [5.41, 5.74) is 3.74. The number of aromatic nitrogens is 1. The van der Waals surface area contributed by atoms with Crippen LogP contribution in [-0.2, 0) is 16.0 Å². The van der Waals surface area contributed by atoms with Gasteiger partial charge in [-0.1, -0.05) is 66.7 Å². The number of amides is 1. The number of carbonyl (C=O) groups excluding carboxylic acids is 2. The molecule has 0 spiro atoms. The smallest absolute Gasteiger partial charge is 0.315 e. The van der Waals surface area contributed by atoms with E-state index in [1.807, 2.05) is 79.0 Å². The van der Waals surface area contributed by atoms with E-state index in [1.54, 1.807) is 18.3 Å². The van der Waals surface area contributed by atoms with Crippen LogP contribution in [0.5, 0.6) is 5.75 Å². The zero-order valence-electron chi connectivity index (χ0n) is 23.9. The van der Waals surface area contributed by atoms with Crippen molar-refractivity contribution in [3.05, 3.63) is 133 Å². The SMILES string of the molecule is O=C(Cc1ccccc1)Oc1ccc(C(CN2CCN(c3ccccc3)CC2)C(=O)Nc2ccc3cnccc3c2)cc1. The second-order valence-electron chi connectivity index (χ2n) is 10.8. The number of benzene rings is 4. The van der Waals surface area contributed by atoms with Gasteiger partial charge in [0.25, 0.3) is 0 Å². The lowest BCUT2D eigenvalue weighted by atomic mass is 9.96. The molecule has 6 rings (SSSR count). The molecule has 0 aliphatic carbocycles. The Morgan fingerprint density at radius 1 is 0.791 bits per heavy atom. The van der Waals surface area contributed by atoms with Gasteiger partial charge in [-0.25, -0.2) is 0 Å². The minimum atomic E-state index is -0.412. The Morgan fingerprint density at radius 2 is 1.51 bits per heavy atom. The van der Waals surface area contributed by atoms with Crippen LogP contribution in [0.1, 0.15) is 17.0 Å². The highest BCUT2D eigenvalue weighted by Gasteiger charge is 2.26. The van der Waals surface area contributed by atoms with Gasteiger partial charge in [-0.15, -0.1) is 0 Å². The topological polar surface area (TPSA) is 74.8 Å². The molecule has 1 amide bonds. The number of anilines is 2. The maximum Gasteiger partial charge on any atom is 0.315 e. The van der Waals surface area contributed by atoms with Crippen LogP contribution >= 0.6 is 0 Å². The molecule has 7 heteroatoms. The molecular formula is C36H34N4O3. The third-order valence-electron chi connectivity index (χ3n) is 7.86. The summed E-state index contributed by atoms with van der Waals surface area (Å²) < 4.78 is 5.59. The number of carbonyl (C=O) groups is 2. The second-order valence-corrected chi connectivity index (χ2v) is 10.8. The van der Waals surface area contributed by atoms with Gasteiger partial charge in [0.2, 0.25) is 5.91 Å². The quantitative estimate of drug-likeness (QED) is 0.175. The van der Waals surface area contributed by atoms with E-state index in [2.05, 4.69) is 44.4 Å². The fraction of sp³-hybridized carbons (Fsp3) is 0.194. The van der Waals surface area contributed by atoms with E-state index < -0.39 is 5.92 Å². The van der Waals surface area contributed by atoms with Crippen molar-refractivity contribution in [2.24, 2.45) is 0 Å². The molecule has 1 N–H and O–H groups in total. The van der Waals surface area contributed by atoms with E-state index in [0.717, 1.165) is 53.8 Å². The molecule has 1 aliphatic heterocycles. The van der Waals surface area contributed by atoms with Crippen molar-refractivity contribution >= 4 is 34.0 Å². The molecule has 4 aromatic carbocycles. The Labute approximate surface area is 251 Å². The van der Waals surface area contributed by atoms with Crippen molar-refractivity contribution in [1.82, 2.24) is 9.88 Å². The molecule has 1 unspecified atom stereocenters. The molecule has 7 nitrogen and oxygen atoms in total. The van der Waals surface area contributed by atoms with Crippen molar-refractivity contribution in [1.29, 1.82) is 0 Å². The van der Waals surface area contributed by atoms with Crippen LogP contribution in [0.15, 0.2) is 122 Å². The monoisotopic (exact) mass is 570 g/mol. The lowest BCUT2D eigenvalue weighted by molar-refractivity contribution is -0.133. The van der Waals surface area contributed by atoms with Crippen molar-refractivity contribution in [2.45, 2.75) is 12.3 Å². The highest BCUT2D eigenvalue weighted by molar-refractivity contribution is 5.98. The third kappa shape index (κ3) is 7.26. The molecule has 2 heterocycles. The van der Waals surface area contributed by atoms with E-state index >= 15 is 0 Å². The Hall–Kier alpha value is -5.01. The highest BCUT2D eigenvalue weighted by Crippen LogP contribution is 2.26. The van der Waals surface area contributed by atoms with E-state index in [4.69, 9.17) is 4.74 Å². The average Bonchev–Trinajstić information content (AvgIpc) is 3.05. The first-order chi connectivity index (χ1) is 21.1. The highest BCUT2D eigenvalue weighted by atomic mass is 16.5.